The monoisotopic (exact) mass is 342 g/mol. The molecule has 0 aliphatic carbocycles. The van der Waals surface area contributed by atoms with Crippen molar-refractivity contribution in [2.45, 2.75) is 32.2 Å². The predicted molar refractivity (Wildman–Crippen MR) is 72.8 cm³/mol. The summed E-state index contributed by atoms with van der Waals surface area (Å²) in [5, 5.41) is 8.98. The zero-order chi connectivity index (χ0) is 14.2. The molecule has 0 fully saturated rings. The molecule has 0 rings (SSSR count). The smallest absolute Gasteiger partial charge is 0.394 e. The second-order valence-electron chi connectivity index (χ2n) is 3.65. The van der Waals surface area contributed by atoms with Gasteiger partial charge >= 0.3 is 7.82 Å². The highest BCUT2D eigenvalue weighted by Gasteiger charge is 2.34. The van der Waals surface area contributed by atoms with Crippen molar-refractivity contribution in [1.82, 2.24) is 0 Å². The first-order chi connectivity index (χ1) is 8.40. The summed E-state index contributed by atoms with van der Waals surface area (Å²) in [7, 11) is -3.87. The molecule has 0 aromatic heterocycles. The normalized spacial score (nSPS) is 20.1. The van der Waals surface area contributed by atoms with E-state index in [1.165, 1.54) is 0 Å². The number of halogens is 3. The highest BCUT2D eigenvalue weighted by molar-refractivity contribution is 7.48. The summed E-state index contributed by atoms with van der Waals surface area (Å²) in [5.41, 5.74) is 0. The molecule has 0 spiro atoms. The molecule has 0 aliphatic heterocycles. The van der Waals surface area contributed by atoms with E-state index >= 15 is 0 Å². The van der Waals surface area contributed by atoms with Gasteiger partial charge in [0.05, 0.1) is 24.7 Å². The minimum atomic E-state index is -3.87. The Morgan fingerprint density at radius 1 is 1.00 bits per heavy atom. The zero-order valence-corrected chi connectivity index (χ0v) is 13.4. The van der Waals surface area contributed by atoms with E-state index in [1.54, 1.807) is 13.8 Å². The predicted octanol–water partition coefficient (Wildman–Crippen LogP) is 3.00. The molecule has 5 nitrogen and oxygen atoms in total. The average Bonchev–Trinajstić information content (AvgIpc) is 2.35. The second kappa shape index (κ2) is 9.78. The van der Waals surface area contributed by atoms with Crippen molar-refractivity contribution in [2.75, 3.05) is 24.2 Å². The van der Waals surface area contributed by atoms with Crippen molar-refractivity contribution in [3.8, 4) is 0 Å². The lowest BCUT2D eigenvalue weighted by molar-refractivity contribution is 0.0353. The van der Waals surface area contributed by atoms with Crippen LogP contribution in [0.4, 0.5) is 0 Å². The summed E-state index contributed by atoms with van der Waals surface area (Å²) in [6.45, 7) is 2.84. The summed E-state index contributed by atoms with van der Waals surface area (Å²) in [4.78, 5) is 0. The van der Waals surface area contributed by atoms with E-state index < -0.39 is 32.7 Å². The van der Waals surface area contributed by atoms with Gasteiger partial charge in [-0.2, -0.15) is 0 Å². The number of hydrogen-bond donors (Lipinski definition) is 1. The number of aliphatic hydroxyl groups excluding tert-OH is 1. The molecule has 9 heteroatoms. The first kappa shape index (κ1) is 18.9. The number of aliphatic hydroxyl groups is 1. The van der Waals surface area contributed by atoms with Gasteiger partial charge in [-0.25, -0.2) is 4.57 Å². The molecule has 3 atom stereocenters. The maximum Gasteiger partial charge on any atom is 0.475 e. The van der Waals surface area contributed by atoms with E-state index in [0.717, 1.165) is 0 Å². The van der Waals surface area contributed by atoms with Gasteiger partial charge in [-0.05, 0) is 13.8 Å². The lowest BCUT2D eigenvalue weighted by atomic mass is 10.4. The van der Waals surface area contributed by atoms with Gasteiger partial charge in [-0.3, -0.25) is 13.6 Å². The van der Waals surface area contributed by atoms with Gasteiger partial charge in [0.25, 0.3) is 0 Å². The van der Waals surface area contributed by atoms with E-state index in [4.69, 9.17) is 53.5 Å². The Balaban J connectivity index is 4.73. The Morgan fingerprint density at radius 2 is 1.44 bits per heavy atom. The largest absolute Gasteiger partial charge is 0.475 e. The van der Waals surface area contributed by atoms with Gasteiger partial charge < -0.3 is 5.11 Å². The van der Waals surface area contributed by atoms with Crippen molar-refractivity contribution in [1.29, 1.82) is 0 Å². The van der Waals surface area contributed by atoms with E-state index in [2.05, 4.69) is 0 Å². The van der Waals surface area contributed by atoms with Gasteiger partial charge in [0.2, 0.25) is 0 Å². The zero-order valence-electron chi connectivity index (χ0n) is 10.2. The van der Waals surface area contributed by atoms with E-state index in [0.29, 0.717) is 0 Å². The van der Waals surface area contributed by atoms with Crippen LogP contribution in [-0.2, 0) is 18.1 Å². The number of alkyl halides is 3. The molecular formula is C9H18Cl3O5P. The van der Waals surface area contributed by atoms with Crippen LogP contribution in [0.3, 0.4) is 0 Å². The van der Waals surface area contributed by atoms with Crippen LogP contribution in [0, 0.1) is 0 Å². The Hall–Kier alpha value is 0.940. The van der Waals surface area contributed by atoms with E-state index in [1.807, 2.05) is 0 Å². The summed E-state index contributed by atoms with van der Waals surface area (Å²) in [6.07, 6.45) is -1.91. The van der Waals surface area contributed by atoms with Crippen LogP contribution in [0.5, 0.6) is 0 Å². The van der Waals surface area contributed by atoms with Crippen LogP contribution >= 0.6 is 42.6 Å². The minimum Gasteiger partial charge on any atom is -0.394 e. The molecule has 18 heavy (non-hydrogen) atoms. The molecule has 0 heterocycles. The molecule has 0 amide bonds. The van der Waals surface area contributed by atoms with Crippen LogP contribution in [0.25, 0.3) is 0 Å². The molecular weight excluding hydrogens is 325 g/mol. The SMILES string of the molecule is CC(CCl)OP(=O)(OC(C)CCl)OC(CO)CCl. The first-order valence-electron chi connectivity index (χ1n) is 5.34. The fraction of sp³-hybridized carbons (Fsp3) is 1.00. The van der Waals surface area contributed by atoms with E-state index in [-0.39, 0.29) is 17.6 Å². The average molecular weight is 344 g/mol. The number of hydrogen-bond acceptors (Lipinski definition) is 5. The standard InChI is InChI=1S/C9H18Cl3O5P/c1-7(3-10)15-18(14,16-8(2)4-11)17-9(5-12)6-13/h7-9,13H,3-6H2,1-2H3. The topological polar surface area (TPSA) is 65.0 Å². The second-order valence-corrected chi connectivity index (χ2v) is 6.10. The molecule has 0 aromatic carbocycles. The van der Waals surface area contributed by atoms with E-state index in [9.17, 15) is 4.57 Å². The summed E-state index contributed by atoms with van der Waals surface area (Å²) in [5.74, 6) is 0.199. The van der Waals surface area contributed by atoms with Gasteiger partial charge in [-0.1, -0.05) is 0 Å². The van der Waals surface area contributed by atoms with Crippen LogP contribution in [0.2, 0.25) is 0 Å². The molecule has 3 unspecified atom stereocenters. The van der Waals surface area contributed by atoms with Gasteiger partial charge in [-0.15, -0.1) is 34.8 Å². The van der Waals surface area contributed by atoms with Gasteiger partial charge in [0.1, 0.15) is 6.10 Å². The Morgan fingerprint density at radius 3 is 1.72 bits per heavy atom. The van der Waals surface area contributed by atoms with Crippen molar-refractivity contribution in [2.24, 2.45) is 0 Å². The third kappa shape index (κ3) is 7.51. The molecule has 0 radical (unpaired) electrons. The highest BCUT2D eigenvalue weighted by atomic mass is 35.5. The lowest BCUT2D eigenvalue weighted by Gasteiger charge is -2.25. The van der Waals surface area contributed by atoms with Gasteiger partial charge in [0.15, 0.2) is 0 Å². The van der Waals surface area contributed by atoms with Crippen LogP contribution in [-0.4, -0.2) is 47.7 Å². The molecule has 0 aliphatic rings. The number of phosphoric acid groups is 1. The van der Waals surface area contributed by atoms with Crippen molar-refractivity contribution in [3.05, 3.63) is 0 Å². The number of rotatable bonds is 10. The molecule has 0 saturated heterocycles. The third-order valence-electron chi connectivity index (χ3n) is 1.71. The fourth-order valence-corrected chi connectivity index (χ4v) is 3.10. The van der Waals surface area contributed by atoms with Crippen LogP contribution < -0.4 is 0 Å². The van der Waals surface area contributed by atoms with Crippen LogP contribution in [0.1, 0.15) is 13.8 Å². The molecule has 0 aromatic rings. The maximum atomic E-state index is 12.3. The van der Waals surface area contributed by atoms with Crippen molar-refractivity contribution >= 4 is 42.6 Å². The molecule has 0 saturated carbocycles. The van der Waals surface area contributed by atoms with Gasteiger partial charge in [0, 0.05) is 11.8 Å². The summed E-state index contributed by atoms with van der Waals surface area (Å²) < 4.78 is 27.7. The van der Waals surface area contributed by atoms with Crippen molar-refractivity contribution in [3.63, 3.8) is 0 Å². The Kier molecular flexibility index (Phi) is 10.3. The molecule has 0 bridgehead atoms. The summed E-state index contributed by atoms with van der Waals surface area (Å²) >= 11 is 16.7. The first-order valence-corrected chi connectivity index (χ1v) is 8.41. The van der Waals surface area contributed by atoms with Crippen molar-refractivity contribution < 1.29 is 23.2 Å². The Labute approximate surface area is 122 Å². The Bertz CT molecular complexity index is 249. The lowest BCUT2D eigenvalue weighted by Crippen LogP contribution is -2.23. The fourth-order valence-electron chi connectivity index (χ4n) is 0.865. The highest BCUT2D eigenvalue weighted by Crippen LogP contribution is 2.52. The quantitative estimate of drug-likeness (QED) is 0.488. The summed E-state index contributed by atoms with van der Waals surface area (Å²) in [6, 6.07) is 0. The number of phosphoric ester groups is 1. The van der Waals surface area contributed by atoms with Crippen LogP contribution in [0.15, 0.2) is 0 Å². The molecule has 110 valence electrons. The third-order valence-corrected chi connectivity index (χ3v) is 4.71. The molecule has 1 N–H and O–H groups in total. The minimum absolute atomic E-state index is 0.0439. The maximum absolute atomic E-state index is 12.3.